The Morgan fingerprint density at radius 1 is 1.11 bits per heavy atom. The summed E-state index contributed by atoms with van der Waals surface area (Å²) in [5, 5.41) is 4.49. The quantitative estimate of drug-likeness (QED) is 0.599. The van der Waals surface area contributed by atoms with E-state index in [1.807, 2.05) is 40.7 Å². The average Bonchev–Trinajstić information content (AvgIpc) is 3.05. The number of hydrogen-bond acceptors (Lipinski definition) is 6. The van der Waals surface area contributed by atoms with Crippen LogP contribution in [0.4, 0.5) is 5.00 Å². The zero-order valence-corrected chi connectivity index (χ0v) is 17.9. The molecule has 0 aliphatic heterocycles. The number of aromatic nitrogens is 1. The maximum absolute atomic E-state index is 13.0. The minimum Gasteiger partial charge on any atom is -0.462 e. The highest BCUT2D eigenvalue weighted by Gasteiger charge is 2.24. The van der Waals surface area contributed by atoms with Gasteiger partial charge in [0, 0.05) is 16.0 Å². The van der Waals surface area contributed by atoms with Crippen LogP contribution in [-0.4, -0.2) is 23.5 Å². The molecule has 5 nitrogen and oxygen atoms in total. The van der Waals surface area contributed by atoms with E-state index in [9.17, 15) is 9.59 Å². The lowest BCUT2D eigenvalue weighted by Gasteiger charge is -2.07. The Bertz CT molecular complexity index is 1060. The van der Waals surface area contributed by atoms with E-state index in [1.165, 1.54) is 22.7 Å². The molecule has 0 spiro atoms. The van der Waals surface area contributed by atoms with Gasteiger partial charge in [-0.1, -0.05) is 0 Å². The highest BCUT2D eigenvalue weighted by atomic mass is 32.1. The van der Waals surface area contributed by atoms with Gasteiger partial charge in [-0.2, -0.15) is 0 Å². The van der Waals surface area contributed by atoms with Crippen LogP contribution < -0.4 is 5.32 Å². The van der Waals surface area contributed by atoms with Gasteiger partial charge in [-0.25, -0.2) is 9.78 Å². The molecule has 27 heavy (non-hydrogen) atoms. The third kappa shape index (κ3) is 3.49. The van der Waals surface area contributed by atoms with Gasteiger partial charge in [-0.15, -0.1) is 22.7 Å². The summed E-state index contributed by atoms with van der Waals surface area (Å²) in [5.41, 5.74) is 4.24. The van der Waals surface area contributed by atoms with Gasteiger partial charge in [0.05, 0.1) is 17.0 Å². The number of anilines is 1. The van der Waals surface area contributed by atoms with Crippen molar-refractivity contribution in [3.8, 4) is 0 Å². The van der Waals surface area contributed by atoms with E-state index in [0.717, 1.165) is 37.5 Å². The lowest BCUT2D eigenvalue weighted by Crippen LogP contribution is -2.14. The number of pyridine rings is 1. The van der Waals surface area contributed by atoms with Crippen molar-refractivity contribution in [2.75, 3.05) is 11.9 Å². The fourth-order valence-corrected chi connectivity index (χ4v) is 5.40. The van der Waals surface area contributed by atoms with E-state index >= 15 is 0 Å². The Balaban J connectivity index is 2.01. The standard InChI is InChI=1S/C20H22N2O3S2/c1-7-25-20(24)15-11(4)13(6)26-19(15)22-17(23)16-12(5)14-9(2)8-10(3)21-18(14)27-16/h8H,7H2,1-6H3,(H,22,23). The SMILES string of the molecule is CCOC(=O)c1c(NC(=O)c2sc3nc(C)cc(C)c3c2C)sc(C)c1C. The number of amides is 1. The number of nitrogens with one attached hydrogen (secondary N) is 1. The fraction of sp³-hybridized carbons (Fsp3) is 0.350. The number of rotatable bonds is 4. The summed E-state index contributed by atoms with van der Waals surface area (Å²) in [5.74, 6) is -0.629. The summed E-state index contributed by atoms with van der Waals surface area (Å²) >= 11 is 2.77. The van der Waals surface area contributed by atoms with Crippen molar-refractivity contribution in [1.29, 1.82) is 0 Å². The summed E-state index contributed by atoms with van der Waals surface area (Å²) in [6.45, 7) is 11.8. The number of nitrogens with zero attached hydrogens (tertiary/aromatic N) is 1. The van der Waals surface area contributed by atoms with Crippen LogP contribution in [0.5, 0.6) is 0 Å². The molecule has 0 aliphatic carbocycles. The van der Waals surface area contributed by atoms with Crippen LogP contribution in [-0.2, 0) is 4.74 Å². The number of esters is 1. The molecule has 3 aromatic heterocycles. The zero-order chi connectivity index (χ0) is 19.9. The molecule has 0 atom stereocenters. The number of ether oxygens (including phenoxy) is 1. The van der Waals surface area contributed by atoms with Crippen molar-refractivity contribution in [2.24, 2.45) is 0 Å². The van der Waals surface area contributed by atoms with Crippen LogP contribution in [0.2, 0.25) is 0 Å². The molecule has 0 saturated heterocycles. The van der Waals surface area contributed by atoms with E-state index in [0.29, 0.717) is 22.0 Å². The smallest absolute Gasteiger partial charge is 0.341 e. The largest absolute Gasteiger partial charge is 0.462 e. The van der Waals surface area contributed by atoms with Crippen molar-refractivity contribution >= 4 is 49.8 Å². The third-order valence-electron chi connectivity index (χ3n) is 4.52. The molecule has 7 heteroatoms. The van der Waals surface area contributed by atoms with Gasteiger partial charge < -0.3 is 10.1 Å². The highest BCUT2D eigenvalue weighted by molar-refractivity contribution is 7.21. The van der Waals surface area contributed by atoms with Gasteiger partial charge >= 0.3 is 5.97 Å². The van der Waals surface area contributed by atoms with Crippen molar-refractivity contribution < 1.29 is 14.3 Å². The Labute approximate surface area is 166 Å². The molecular weight excluding hydrogens is 380 g/mol. The molecule has 3 heterocycles. The Morgan fingerprint density at radius 2 is 1.81 bits per heavy atom. The number of thiophene rings is 2. The Morgan fingerprint density at radius 3 is 2.48 bits per heavy atom. The molecule has 0 unspecified atom stereocenters. The maximum Gasteiger partial charge on any atom is 0.341 e. The third-order valence-corrected chi connectivity index (χ3v) is 6.83. The minimum absolute atomic E-state index is 0.223. The van der Waals surface area contributed by atoms with Gasteiger partial charge in [-0.3, -0.25) is 4.79 Å². The van der Waals surface area contributed by atoms with E-state index in [1.54, 1.807) is 6.92 Å². The van der Waals surface area contributed by atoms with Crippen LogP contribution in [0.1, 0.15) is 54.2 Å². The van der Waals surface area contributed by atoms with Crippen molar-refractivity contribution in [1.82, 2.24) is 4.98 Å². The Kier molecular flexibility index (Phi) is 5.35. The number of carbonyl (C=O) groups is 2. The molecule has 0 aliphatic rings. The van der Waals surface area contributed by atoms with Gasteiger partial charge in [-0.05, 0) is 64.3 Å². The minimum atomic E-state index is -0.407. The normalized spacial score (nSPS) is 11.0. The first-order chi connectivity index (χ1) is 12.7. The first-order valence-electron chi connectivity index (χ1n) is 8.70. The van der Waals surface area contributed by atoms with Crippen LogP contribution in [0.15, 0.2) is 6.07 Å². The van der Waals surface area contributed by atoms with Crippen molar-refractivity contribution in [2.45, 2.75) is 41.5 Å². The monoisotopic (exact) mass is 402 g/mol. The number of fused-ring (bicyclic) bond motifs is 1. The van der Waals surface area contributed by atoms with Crippen LogP contribution in [0.3, 0.4) is 0 Å². The lowest BCUT2D eigenvalue weighted by molar-refractivity contribution is 0.0527. The maximum atomic E-state index is 13.0. The topological polar surface area (TPSA) is 68.3 Å². The van der Waals surface area contributed by atoms with E-state index < -0.39 is 5.97 Å². The summed E-state index contributed by atoms with van der Waals surface area (Å²) in [4.78, 5) is 32.3. The van der Waals surface area contributed by atoms with Gasteiger partial charge in [0.2, 0.25) is 0 Å². The second-order valence-electron chi connectivity index (χ2n) is 6.48. The molecular formula is C20H22N2O3S2. The van der Waals surface area contributed by atoms with E-state index in [4.69, 9.17) is 4.74 Å². The molecule has 3 aromatic rings. The number of carbonyl (C=O) groups excluding carboxylic acids is 2. The molecule has 0 aromatic carbocycles. The molecule has 0 radical (unpaired) electrons. The summed E-state index contributed by atoms with van der Waals surface area (Å²) in [6, 6.07) is 2.02. The van der Waals surface area contributed by atoms with Crippen LogP contribution in [0.25, 0.3) is 10.2 Å². The predicted molar refractivity (Wildman–Crippen MR) is 112 cm³/mol. The van der Waals surface area contributed by atoms with Crippen molar-refractivity contribution in [3.05, 3.63) is 43.8 Å². The number of aryl methyl sites for hydroxylation is 4. The summed E-state index contributed by atoms with van der Waals surface area (Å²) < 4.78 is 5.16. The molecule has 142 valence electrons. The van der Waals surface area contributed by atoms with Gasteiger partial charge in [0.1, 0.15) is 9.83 Å². The van der Waals surface area contributed by atoms with E-state index in [2.05, 4.69) is 10.3 Å². The van der Waals surface area contributed by atoms with Gasteiger partial charge in [0.25, 0.3) is 5.91 Å². The molecule has 3 rings (SSSR count). The molecule has 0 bridgehead atoms. The summed E-state index contributed by atoms with van der Waals surface area (Å²) in [6.07, 6.45) is 0. The van der Waals surface area contributed by atoms with E-state index in [-0.39, 0.29) is 5.91 Å². The molecule has 0 saturated carbocycles. The first kappa shape index (κ1) is 19.5. The summed E-state index contributed by atoms with van der Waals surface area (Å²) in [7, 11) is 0. The number of hydrogen-bond donors (Lipinski definition) is 1. The van der Waals surface area contributed by atoms with Crippen molar-refractivity contribution in [3.63, 3.8) is 0 Å². The van der Waals surface area contributed by atoms with Crippen LogP contribution in [0, 0.1) is 34.6 Å². The molecule has 1 amide bonds. The average molecular weight is 403 g/mol. The highest BCUT2D eigenvalue weighted by Crippen LogP contribution is 2.36. The predicted octanol–water partition coefficient (Wildman–Crippen LogP) is 5.33. The zero-order valence-electron chi connectivity index (χ0n) is 16.3. The lowest BCUT2D eigenvalue weighted by atomic mass is 10.1. The second kappa shape index (κ2) is 7.40. The van der Waals surface area contributed by atoms with Crippen LogP contribution >= 0.6 is 22.7 Å². The first-order valence-corrected chi connectivity index (χ1v) is 10.3. The fourth-order valence-electron chi connectivity index (χ4n) is 3.16. The Hall–Kier alpha value is -2.25. The second-order valence-corrected chi connectivity index (χ2v) is 8.70. The van der Waals surface area contributed by atoms with Gasteiger partial charge in [0.15, 0.2) is 0 Å². The molecule has 1 N–H and O–H groups in total. The molecule has 0 fully saturated rings.